The lowest BCUT2D eigenvalue weighted by molar-refractivity contribution is -0.129. The van der Waals surface area contributed by atoms with Gasteiger partial charge in [0.2, 0.25) is 5.75 Å². The zero-order chi connectivity index (χ0) is 18.9. The molecule has 1 aliphatic heterocycles. The van der Waals surface area contributed by atoms with Crippen molar-refractivity contribution in [3.8, 4) is 5.75 Å². The Kier molecular flexibility index (Phi) is 5.78. The van der Waals surface area contributed by atoms with E-state index < -0.39 is 15.8 Å². The highest BCUT2D eigenvalue weighted by atomic mass is 35.5. The lowest BCUT2D eigenvalue weighted by Gasteiger charge is -2.31. The first-order chi connectivity index (χ1) is 12.1. The van der Waals surface area contributed by atoms with Crippen LogP contribution in [0.2, 0.25) is 0 Å². The normalized spacial score (nSPS) is 14.9. The van der Waals surface area contributed by atoms with Crippen molar-refractivity contribution in [3.05, 3.63) is 36.2 Å². The number of hydrogen-bond donors (Lipinski definition) is 4. The van der Waals surface area contributed by atoms with Crippen molar-refractivity contribution in [2.45, 2.75) is 26.0 Å². The van der Waals surface area contributed by atoms with E-state index in [0.717, 1.165) is 5.56 Å². The van der Waals surface area contributed by atoms with E-state index in [-0.39, 0.29) is 18.3 Å². The zero-order valence-electron chi connectivity index (χ0n) is 14.5. The predicted molar refractivity (Wildman–Crippen MR) is 103 cm³/mol. The Bertz CT molecular complexity index is 949. The Balaban J connectivity index is 0.00000261. The van der Waals surface area contributed by atoms with Crippen LogP contribution >= 0.6 is 12.4 Å². The largest absolute Gasteiger partial charge is 0.470 e. The van der Waals surface area contributed by atoms with Crippen molar-refractivity contribution in [1.82, 2.24) is 9.97 Å². The summed E-state index contributed by atoms with van der Waals surface area (Å²) in [4.78, 5) is 20.1. The predicted octanol–water partition coefficient (Wildman–Crippen LogP) is 1.24. The number of ether oxygens (including phenoxy) is 1. The summed E-state index contributed by atoms with van der Waals surface area (Å²) in [6.45, 7) is 3.70. The van der Waals surface area contributed by atoms with E-state index in [0.29, 0.717) is 29.6 Å². The molecule has 1 aromatic heterocycles. The van der Waals surface area contributed by atoms with Crippen molar-refractivity contribution in [3.63, 3.8) is 0 Å². The average molecular weight is 415 g/mol. The van der Waals surface area contributed by atoms with Gasteiger partial charge in [0.1, 0.15) is 6.33 Å². The Morgan fingerprint density at radius 3 is 2.52 bits per heavy atom. The lowest BCUT2D eigenvalue weighted by atomic mass is 10.1. The van der Waals surface area contributed by atoms with Gasteiger partial charge < -0.3 is 15.4 Å². The number of nitrogens with one attached hydrogen (secondary N) is 3. The van der Waals surface area contributed by atoms with E-state index in [1.807, 2.05) is 0 Å². The number of aromatic nitrogens is 2. The maximum atomic E-state index is 11.9. The molecule has 27 heavy (non-hydrogen) atoms. The van der Waals surface area contributed by atoms with Gasteiger partial charge in [0.15, 0.2) is 17.2 Å². The van der Waals surface area contributed by atoms with E-state index >= 15 is 0 Å². The third-order valence-corrected chi connectivity index (χ3v) is 4.13. The molecule has 0 spiro atoms. The second-order valence-electron chi connectivity index (χ2n) is 6.16. The van der Waals surface area contributed by atoms with Gasteiger partial charge in [-0.3, -0.25) is 9.52 Å². The van der Waals surface area contributed by atoms with Gasteiger partial charge in [-0.1, -0.05) is 12.1 Å². The third kappa shape index (κ3) is 4.96. The fourth-order valence-corrected chi connectivity index (χ4v) is 2.75. The summed E-state index contributed by atoms with van der Waals surface area (Å²) >= 11 is 0. The molecule has 0 radical (unpaired) electrons. The minimum atomic E-state index is -3.80. The summed E-state index contributed by atoms with van der Waals surface area (Å²) < 4.78 is 29.9. The van der Waals surface area contributed by atoms with Crippen LogP contribution in [0.4, 0.5) is 17.3 Å². The SMILES string of the molecule is CC1(C)Oc2c(NCc3ccc(NS(N)(=O)=O)cc3)ncnc2NC1=O.Cl. The first-order valence-corrected chi connectivity index (χ1v) is 9.17. The molecule has 1 amide bonds. The van der Waals surface area contributed by atoms with Gasteiger partial charge in [0.25, 0.3) is 16.1 Å². The van der Waals surface area contributed by atoms with Gasteiger partial charge >= 0.3 is 0 Å². The molecule has 0 aliphatic carbocycles. The Labute approximate surface area is 162 Å². The number of halogens is 1. The van der Waals surface area contributed by atoms with E-state index in [9.17, 15) is 13.2 Å². The van der Waals surface area contributed by atoms with Crippen molar-refractivity contribution in [1.29, 1.82) is 0 Å². The minimum absolute atomic E-state index is 0. The number of hydrogen-bond acceptors (Lipinski definition) is 7. The molecule has 0 bridgehead atoms. The molecule has 1 aromatic carbocycles. The molecule has 2 heterocycles. The second kappa shape index (κ2) is 7.55. The van der Waals surface area contributed by atoms with Crippen LogP contribution in [-0.4, -0.2) is 29.9 Å². The second-order valence-corrected chi connectivity index (χ2v) is 7.46. The minimum Gasteiger partial charge on any atom is -0.470 e. The van der Waals surface area contributed by atoms with Gasteiger partial charge in [-0.05, 0) is 31.5 Å². The van der Waals surface area contributed by atoms with Crippen molar-refractivity contribution in [2.24, 2.45) is 5.14 Å². The number of carbonyl (C=O) groups excluding carboxylic acids is 1. The monoisotopic (exact) mass is 414 g/mol. The van der Waals surface area contributed by atoms with Gasteiger partial charge in [-0.2, -0.15) is 8.42 Å². The molecule has 5 N–H and O–H groups in total. The van der Waals surface area contributed by atoms with E-state index in [1.165, 1.54) is 6.33 Å². The van der Waals surface area contributed by atoms with Gasteiger partial charge in [-0.25, -0.2) is 15.1 Å². The molecule has 2 aromatic rings. The van der Waals surface area contributed by atoms with Crippen LogP contribution in [0.15, 0.2) is 30.6 Å². The molecule has 146 valence electrons. The molecule has 1 aliphatic rings. The molecule has 0 saturated carbocycles. The number of carbonyl (C=O) groups is 1. The van der Waals surface area contributed by atoms with Crippen LogP contribution in [0.3, 0.4) is 0 Å². The molecule has 12 heteroatoms. The zero-order valence-corrected chi connectivity index (χ0v) is 16.1. The molecule has 3 rings (SSSR count). The number of rotatable bonds is 5. The quantitative estimate of drug-likeness (QED) is 0.574. The fourth-order valence-electron chi connectivity index (χ4n) is 2.29. The van der Waals surface area contributed by atoms with Crippen molar-refractivity contribution >= 4 is 45.8 Å². The summed E-state index contributed by atoms with van der Waals surface area (Å²) in [5.41, 5.74) is 0.203. The number of fused-ring (bicyclic) bond motifs is 1. The van der Waals surface area contributed by atoms with Crippen LogP contribution in [0.5, 0.6) is 5.75 Å². The first-order valence-electron chi connectivity index (χ1n) is 7.63. The van der Waals surface area contributed by atoms with Gasteiger partial charge in [-0.15, -0.1) is 12.4 Å². The van der Waals surface area contributed by atoms with E-state index in [4.69, 9.17) is 9.88 Å². The number of nitrogens with two attached hydrogens (primary N) is 1. The van der Waals surface area contributed by atoms with Gasteiger partial charge in [0.05, 0.1) is 0 Å². The Morgan fingerprint density at radius 2 is 1.89 bits per heavy atom. The molecule has 0 fully saturated rings. The molecular formula is C15H19ClN6O4S. The Hall–Kier alpha value is -2.63. The average Bonchev–Trinajstić information content (AvgIpc) is 2.54. The van der Waals surface area contributed by atoms with Crippen LogP contribution < -0.4 is 25.2 Å². The lowest BCUT2D eigenvalue weighted by Crippen LogP contribution is -2.46. The summed E-state index contributed by atoms with van der Waals surface area (Å²) in [7, 11) is -3.80. The molecule has 10 nitrogen and oxygen atoms in total. The topological polar surface area (TPSA) is 148 Å². The van der Waals surface area contributed by atoms with Crippen LogP contribution in [0, 0.1) is 0 Å². The fraction of sp³-hybridized carbons (Fsp3) is 0.267. The smallest absolute Gasteiger partial charge is 0.296 e. The number of nitrogens with zero attached hydrogens (tertiary/aromatic N) is 2. The molecule has 0 atom stereocenters. The number of anilines is 3. The molecular weight excluding hydrogens is 396 g/mol. The number of benzene rings is 1. The van der Waals surface area contributed by atoms with Crippen LogP contribution in [-0.2, 0) is 21.5 Å². The van der Waals surface area contributed by atoms with Crippen molar-refractivity contribution in [2.75, 3.05) is 15.4 Å². The molecule has 0 saturated heterocycles. The van der Waals surface area contributed by atoms with E-state index in [2.05, 4.69) is 25.3 Å². The summed E-state index contributed by atoms with van der Waals surface area (Å²) in [5.74, 6) is 0.826. The van der Waals surface area contributed by atoms with Gasteiger partial charge in [0, 0.05) is 12.2 Å². The summed E-state index contributed by atoms with van der Waals surface area (Å²) in [5, 5.41) is 10.7. The maximum Gasteiger partial charge on any atom is 0.296 e. The maximum absolute atomic E-state index is 11.9. The summed E-state index contributed by atoms with van der Waals surface area (Å²) in [6.07, 6.45) is 1.32. The molecule has 0 unspecified atom stereocenters. The highest BCUT2D eigenvalue weighted by molar-refractivity contribution is 7.90. The van der Waals surface area contributed by atoms with E-state index in [1.54, 1.807) is 38.1 Å². The number of amides is 1. The standard InChI is InChI=1S/C15H18N6O4S.ClH/c1-15(2)14(22)20-13-11(25-15)12(18-8-19-13)17-7-9-3-5-10(6-4-9)21-26(16,23)24;/h3-6,8,21H,7H2,1-2H3,(H2,16,23,24)(H2,17,18,19,20,22);1H. The van der Waals surface area contributed by atoms with Crippen LogP contribution in [0.25, 0.3) is 0 Å². The van der Waals surface area contributed by atoms with Crippen LogP contribution in [0.1, 0.15) is 19.4 Å². The highest BCUT2D eigenvalue weighted by Crippen LogP contribution is 2.36. The Morgan fingerprint density at radius 1 is 1.22 bits per heavy atom. The third-order valence-electron chi connectivity index (χ3n) is 3.61. The highest BCUT2D eigenvalue weighted by Gasteiger charge is 2.37. The van der Waals surface area contributed by atoms with Crippen molar-refractivity contribution < 1.29 is 17.9 Å². The summed E-state index contributed by atoms with van der Waals surface area (Å²) in [6, 6.07) is 6.66. The first kappa shape index (κ1) is 20.7.